The average molecular weight is 756 g/mol. The maximum Gasteiger partial charge on any atom is 0.314 e. The standard InChI is InChI=1S/C50H61NO5/c1-47(2)33-18-20-49(47,5)40(27-33)32-12-16-37-39-30-54-42-29-36(55-46(52)41-28-34-19-21-50(41,6)48(34,3)4)15-17-38(42)44(39)45(56-43(37)26-32)31-10-13-35(14-11-31)53-25-24-51-22-8-7-9-23-51/h10-17,26,29,33-34,40-41,45H,7-9,18-25,27-28,30H2,1-6H3/t33?,34?,40?,41?,45-,49+,50+/m1/s1. The van der Waals surface area contributed by atoms with E-state index in [0.29, 0.717) is 36.2 Å². The van der Waals surface area contributed by atoms with E-state index in [1.165, 1.54) is 69.2 Å². The number of nitrogens with zero attached hydrogens (tertiary/aromatic N) is 1. The van der Waals surface area contributed by atoms with Crippen molar-refractivity contribution in [2.75, 3.05) is 32.8 Å². The normalized spacial score (nSPS) is 33.3. The Bertz CT molecular complexity index is 2070. The summed E-state index contributed by atoms with van der Waals surface area (Å²) in [5, 5.41) is 0. The van der Waals surface area contributed by atoms with Crippen molar-refractivity contribution in [1.82, 2.24) is 4.90 Å². The molecule has 0 aromatic heterocycles. The highest BCUT2D eigenvalue weighted by atomic mass is 16.5. The molecule has 4 bridgehead atoms. The minimum absolute atomic E-state index is 0.0295. The lowest BCUT2D eigenvalue weighted by Crippen LogP contribution is -2.38. The van der Waals surface area contributed by atoms with Crippen molar-refractivity contribution in [1.29, 1.82) is 0 Å². The van der Waals surface area contributed by atoms with Gasteiger partial charge in [0.25, 0.3) is 0 Å². The molecule has 5 fully saturated rings. The second-order valence-corrected chi connectivity index (χ2v) is 20.2. The third kappa shape index (κ3) is 5.47. The van der Waals surface area contributed by atoms with Crippen LogP contribution in [-0.2, 0) is 4.79 Å². The van der Waals surface area contributed by atoms with Crippen LogP contribution in [0.5, 0.6) is 23.0 Å². The number of esters is 1. The Kier molecular flexibility index (Phi) is 8.57. The van der Waals surface area contributed by atoms with E-state index in [1.54, 1.807) is 0 Å². The van der Waals surface area contributed by atoms with Gasteiger partial charge in [0, 0.05) is 34.9 Å². The zero-order valence-corrected chi connectivity index (χ0v) is 34.5. The zero-order valence-electron chi connectivity index (χ0n) is 34.5. The van der Waals surface area contributed by atoms with Gasteiger partial charge in [-0.3, -0.25) is 9.69 Å². The monoisotopic (exact) mass is 755 g/mol. The van der Waals surface area contributed by atoms with Crippen LogP contribution in [-0.4, -0.2) is 43.7 Å². The second kappa shape index (κ2) is 13.1. The van der Waals surface area contributed by atoms with Crippen molar-refractivity contribution >= 4 is 17.1 Å². The molecule has 0 radical (unpaired) electrons. The van der Waals surface area contributed by atoms with Crippen LogP contribution in [0.15, 0.2) is 60.7 Å². The molecule has 3 aromatic rings. The van der Waals surface area contributed by atoms with Crippen molar-refractivity contribution in [3.63, 3.8) is 0 Å². The molecule has 6 nitrogen and oxygen atoms in total. The Morgan fingerprint density at radius 1 is 0.750 bits per heavy atom. The summed E-state index contributed by atoms with van der Waals surface area (Å²) in [6.07, 6.45) is 10.7. The minimum atomic E-state index is -0.325. The van der Waals surface area contributed by atoms with Crippen LogP contribution in [0, 0.1) is 39.4 Å². The summed E-state index contributed by atoms with van der Waals surface area (Å²) in [6, 6.07) is 21.5. The Labute approximate surface area is 334 Å². The molecular weight excluding hydrogens is 695 g/mol. The smallest absolute Gasteiger partial charge is 0.314 e. The third-order valence-electron chi connectivity index (χ3n) is 17.6. The van der Waals surface area contributed by atoms with Crippen LogP contribution in [0.25, 0.3) is 11.1 Å². The molecular formula is C50H61NO5. The van der Waals surface area contributed by atoms with Crippen LogP contribution < -0.4 is 18.9 Å². The van der Waals surface area contributed by atoms with Crippen LogP contribution in [0.3, 0.4) is 0 Å². The molecule has 10 rings (SSSR count). The number of fused-ring (bicyclic) bond motifs is 8. The predicted molar refractivity (Wildman–Crippen MR) is 221 cm³/mol. The summed E-state index contributed by atoms with van der Waals surface area (Å²) in [4.78, 5) is 16.3. The fourth-order valence-electron chi connectivity index (χ4n) is 13.0. The van der Waals surface area contributed by atoms with Gasteiger partial charge in [0.1, 0.15) is 36.2 Å². The molecule has 7 atom stereocenters. The SMILES string of the molecule is CC1(C)C2CC[C@@]1(C)C(C(=O)Oc1ccc3c(c1)OCC1=C3[C@@H](c3ccc(OCCN4CCCCC4)cc3)Oc3cc(C4CC5CC[C@]4(C)C5(C)C)ccc31)C2. The van der Waals surface area contributed by atoms with Gasteiger partial charge in [0.2, 0.25) is 0 Å². The molecule has 3 aliphatic heterocycles. The van der Waals surface area contributed by atoms with Crippen molar-refractivity contribution in [3.8, 4) is 23.0 Å². The largest absolute Gasteiger partial charge is 0.492 e. The van der Waals surface area contributed by atoms with Gasteiger partial charge >= 0.3 is 5.97 Å². The van der Waals surface area contributed by atoms with E-state index in [9.17, 15) is 4.79 Å². The molecule has 0 N–H and O–H groups in total. The average Bonchev–Trinajstić information content (AvgIpc) is 3.73. The first-order chi connectivity index (χ1) is 26.9. The lowest BCUT2D eigenvalue weighted by Gasteiger charge is -2.40. The molecule has 4 aliphatic carbocycles. The van der Waals surface area contributed by atoms with E-state index in [0.717, 1.165) is 64.8 Å². The summed E-state index contributed by atoms with van der Waals surface area (Å²) >= 11 is 0. The Hall–Kier alpha value is -3.77. The first-order valence-corrected chi connectivity index (χ1v) is 21.9. The van der Waals surface area contributed by atoms with Gasteiger partial charge in [-0.05, 0) is 145 Å². The van der Waals surface area contributed by atoms with E-state index in [2.05, 4.69) is 95.0 Å². The maximum atomic E-state index is 13.8. The van der Waals surface area contributed by atoms with Crippen molar-refractivity contribution < 1.29 is 23.7 Å². The van der Waals surface area contributed by atoms with E-state index in [-0.39, 0.29) is 34.2 Å². The Balaban J connectivity index is 0.958. The van der Waals surface area contributed by atoms with Crippen LogP contribution in [0.4, 0.5) is 0 Å². The fourth-order valence-corrected chi connectivity index (χ4v) is 13.0. The van der Waals surface area contributed by atoms with Crippen molar-refractivity contribution in [2.45, 2.75) is 111 Å². The zero-order chi connectivity index (χ0) is 38.6. The fraction of sp³-hybridized carbons (Fsp3) is 0.580. The highest BCUT2D eigenvalue weighted by Gasteiger charge is 2.64. The number of hydrogen-bond acceptors (Lipinski definition) is 6. The Morgan fingerprint density at radius 2 is 1.43 bits per heavy atom. The molecule has 3 aromatic carbocycles. The maximum absolute atomic E-state index is 13.8. The lowest BCUT2D eigenvalue weighted by atomic mass is 9.65. The molecule has 0 amide bonds. The first-order valence-electron chi connectivity index (χ1n) is 21.9. The molecule has 0 spiro atoms. The third-order valence-corrected chi connectivity index (χ3v) is 17.6. The van der Waals surface area contributed by atoms with Gasteiger partial charge in [-0.2, -0.15) is 0 Å². The highest BCUT2D eigenvalue weighted by molar-refractivity contribution is 5.99. The second-order valence-electron chi connectivity index (χ2n) is 20.2. The van der Waals surface area contributed by atoms with Gasteiger partial charge in [0.15, 0.2) is 6.10 Å². The summed E-state index contributed by atoms with van der Waals surface area (Å²) in [7, 11) is 0. The van der Waals surface area contributed by atoms with Gasteiger partial charge in [0.05, 0.1) is 5.92 Å². The summed E-state index contributed by atoms with van der Waals surface area (Å²) in [5.41, 5.74) is 7.61. The molecule has 4 unspecified atom stereocenters. The first kappa shape index (κ1) is 36.6. The van der Waals surface area contributed by atoms with Gasteiger partial charge in [-0.1, -0.05) is 72.2 Å². The van der Waals surface area contributed by atoms with E-state index >= 15 is 0 Å². The number of carbonyl (C=O) groups is 1. The van der Waals surface area contributed by atoms with Crippen molar-refractivity contribution in [2.24, 2.45) is 39.4 Å². The predicted octanol–water partition coefficient (Wildman–Crippen LogP) is 11.3. The Morgan fingerprint density at radius 3 is 2.11 bits per heavy atom. The van der Waals surface area contributed by atoms with Crippen LogP contribution in [0.2, 0.25) is 0 Å². The number of carbonyl (C=O) groups excluding carboxylic acids is 1. The molecule has 6 heteroatoms. The van der Waals surface area contributed by atoms with E-state index in [4.69, 9.17) is 18.9 Å². The number of ether oxygens (including phenoxy) is 4. The van der Waals surface area contributed by atoms with Crippen LogP contribution >= 0.6 is 0 Å². The van der Waals surface area contributed by atoms with Crippen LogP contribution in [0.1, 0.15) is 134 Å². The molecule has 296 valence electrons. The lowest BCUT2D eigenvalue weighted by molar-refractivity contribution is -0.144. The molecule has 56 heavy (non-hydrogen) atoms. The number of rotatable bonds is 8. The number of piperidine rings is 1. The molecule has 4 saturated carbocycles. The topological polar surface area (TPSA) is 57.2 Å². The molecule has 1 saturated heterocycles. The quantitative estimate of drug-likeness (QED) is 0.169. The summed E-state index contributed by atoms with van der Waals surface area (Å²) in [5.74, 6) is 4.80. The number of benzene rings is 3. The summed E-state index contributed by atoms with van der Waals surface area (Å²) < 4.78 is 26.2. The van der Waals surface area contributed by atoms with Gasteiger partial charge < -0.3 is 18.9 Å². The van der Waals surface area contributed by atoms with Gasteiger partial charge in [-0.15, -0.1) is 0 Å². The molecule has 7 aliphatic rings. The highest BCUT2D eigenvalue weighted by Crippen LogP contribution is 2.71. The van der Waals surface area contributed by atoms with E-state index < -0.39 is 0 Å². The molecule has 3 heterocycles. The minimum Gasteiger partial charge on any atom is -0.492 e. The number of hydrogen-bond donors (Lipinski definition) is 0. The summed E-state index contributed by atoms with van der Waals surface area (Å²) in [6.45, 7) is 18.9. The number of likely N-dealkylation sites (tertiary alicyclic amines) is 1. The van der Waals surface area contributed by atoms with Gasteiger partial charge in [-0.25, -0.2) is 0 Å². The van der Waals surface area contributed by atoms with E-state index in [1.807, 2.05) is 12.1 Å². The van der Waals surface area contributed by atoms with Crippen molar-refractivity contribution in [3.05, 3.63) is 82.9 Å².